The van der Waals surface area contributed by atoms with Crippen LogP contribution in [0, 0.1) is 11.8 Å². The molecule has 0 heterocycles. The summed E-state index contributed by atoms with van der Waals surface area (Å²) >= 11 is 0. The maximum absolute atomic E-state index is 3.75. The van der Waals surface area contributed by atoms with Gasteiger partial charge >= 0.3 is 0 Å². The van der Waals surface area contributed by atoms with Crippen molar-refractivity contribution in [2.75, 3.05) is 6.54 Å². The molecule has 112 valence electrons. The molecular formula is C19H31N. The van der Waals surface area contributed by atoms with Crippen molar-refractivity contribution in [1.82, 2.24) is 5.32 Å². The Bertz CT molecular complexity index is 381. The lowest BCUT2D eigenvalue weighted by Gasteiger charge is -2.30. The lowest BCUT2D eigenvalue weighted by Crippen LogP contribution is -2.31. The predicted octanol–water partition coefficient (Wildman–Crippen LogP) is 5.12. The van der Waals surface area contributed by atoms with E-state index in [4.69, 9.17) is 0 Å². The van der Waals surface area contributed by atoms with Gasteiger partial charge in [-0.2, -0.15) is 0 Å². The number of hydrogen-bond donors (Lipinski definition) is 1. The van der Waals surface area contributed by atoms with Crippen LogP contribution in [0.15, 0.2) is 24.3 Å². The molecule has 3 atom stereocenters. The molecule has 0 aliphatic heterocycles. The van der Waals surface area contributed by atoms with E-state index in [1.807, 2.05) is 0 Å². The van der Waals surface area contributed by atoms with Gasteiger partial charge in [0.1, 0.15) is 0 Å². The average molecular weight is 273 g/mol. The van der Waals surface area contributed by atoms with Crippen LogP contribution in [0.25, 0.3) is 0 Å². The molecule has 0 radical (unpaired) electrons. The second-order valence-electron chi connectivity index (χ2n) is 6.64. The van der Waals surface area contributed by atoms with Crippen LogP contribution in [0.5, 0.6) is 0 Å². The molecule has 1 nitrogen and oxygen atoms in total. The van der Waals surface area contributed by atoms with Gasteiger partial charge in [-0.1, -0.05) is 63.8 Å². The summed E-state index contributed by atoms with van der Waals surface area (Å²) in [5.74, 6) is 1.78. The first-order valence-electron chi connectivity index (χ1n) is 8.53. The van der Waals surface area contributed by atoms with Crippen molar-refractivity contribution in [3.63, 3.8) is 0 Å². The fraction of sp³-hybridized carbons (Fsp3) is 0.684. The first kappa shape index (κ1) is 15.6. The van der Waals surface area contributed by atoms with Crippen LogP contribution in [-0.2, 0) is 6.42 Å². The molecule has 0 amide bonds. The van der Waals surface area contributed by atoms with Gasteiger partial charge in [-0.25, -0.2) is 0 Å². The van der Waals surface area contributed by atoms with Crippen LogP contribution in [0.2, 0.25) is 0 Å². The largest absolute Gasteiger partial charge is 0.310 e. The van der Waals surface area contributed by atoms with Gasteiger partial charge in [0.25, 0.3) is 0 Å². The Balaban J connectivity index is 1.83. The van der Waals surface area contributed by atoms with Crippen LogP contribution in [-0.4, -0.2) is 6.54 Å². The van der Waals surface area contributed by atoms with Crippen molar-refractivity contribution in [3.05, 3.63) is 35.4 Å². The van der Waals surface area contributed by atoms with Gasteiger partial charge in [-0.15, -0.1) is 0 Å². The molecule has 2 rings (SSSR count). The Morgan fingerprint density at radius 3 is 2.50 bits per heavy atom. The lowest BCUT2D eigenvalue weighted by atomic mass is 9.80. The number of nitrogens with one attached hydrogen (secondary N) is 1. The van der Waals surface area contributed by atoms with Gasteiger partial charge in [0.05, 0.1) is 0 Å². The molecule has 1 aliphatic carbocycles. The van der Waals surface area contributed by atoms with E-state index in [-0.39, 0.29) is 0 Å². The third-order valence-corrected chi connectivity index (χ3v) is 4.99. The fourth-order valence-electron chi connectivity index (χ4n) is 3.40. The maximum Gasteiger partial charge on any atom is 0.0291 e. The van der Waals surface area contributed by atoms with Crippen molar-refractivity contribution in [1.29, 1.82) is 0 Å². The molecule has 1 aromatic rings. The smallest absolute Gasteiger partial charge is 0.0291 e. The lowest BCUT2D eigenvalue weighted by molar-refractivity contribution is 0.242. The summed E-state index contributed by atoms with van der Waals surface area (Å²) in [4.78, 5) is 0. The SMILES string of the molecule is CCCc1ccc(C(C)NCC2CCCCC2C)cc1. The van der Waals surface area contributed by atoms with Crippen LogP contribution in [0.3, 0.4) is 0 Å². The Kier molecular flexibility index (Phi) is 6.09. The molecule has 1 saturated carbocycles. The first-order chi connectivity index (χ1) is 9.70. The van der Waals surface area contributed by atoms with Gasteiger partial charge in [-0.3, -0.25) is 0 Å². The molecule has 0 aromatic heterocycles. The summed E-state index contributed by atoms with van der Waals surface area (Å²) in [7, 11) is 0. The van der Waals surface area contributed by atoms with Crippen molar-refractivity contribution in [2.45, 2.75) is 65.3 Å². The third-order valence-electron chi connectivity index (χ3n) is 4.99. The van der Waals surface area contributed by atoms with E-state index >= 15 is 0 Å². The minimum Gasteiger partial charge on any atom is -0.310 e. The molecule has 0 spiro atoms. The average Bonchev–Trinajstić information content (AvgIpc) is 2.47. The van der Waals surface area contributed by atoms with E-state index in [9.17, 15) is 0 Å². The Hall–Kier alpha value is -0.820. The molecule has 20 heavy (non-hydrogen) atoms. The topological polar surface area (TPSA) is 12.0 Å². The molecular weight excluding hydrogens is 242 g/mol. The highest BCUT2D eigenvalue weighted by molar-refractivity contribution is 5.24. The van der Waals surface area contributed by atoms with E-state index < -0.39 is 0 Å². The summed E-state index contributed by atoms with van der Waals surface area (Å²) in [5.41, 5.74) is 2.89. The number of hydrogen-bond acceptors (Lipinski definition) is 1. The summed E-state index contributed by atoms with van der Waals surface area (Å²) in [6, 6.07) is 9.65. The van der Waals surface area contributed by atoms with E-state index in [2.05, 4.69) is 50.4 Å². The van der Waals surface area contributed by atoms with Crippen LogP contribution in [0.4, 0.5) is 0 Å². The summed E-state index contributed by atoms with van der Waals surface area (Å²) in [6.45, 7) is 8.14. The second-order valence-corrected chi connectivity index (χ2v) is 6.64. The molecule has 1 aliphatic rings. The molecule has 1 fully saturated rings. The van der Waals surface area contributed by atoms with Gasteiger partial charge in [-0.05, 0) is 49.3 Å². The highest BCUT2D eigenvalue weighted by Crippen LogP contribution is 2.29. The Labute approximate surface area is 125 Å². The second kappa shape index (κ2) is 7.83. The molecule has 3 unspecified atom stereocenters. The normalized spacial score (nSPS) is 24.6. The molecule has 1 N–H and O–H groups in total. The minimum absolute atomic E-state index is 0.472. The van der Waals surface area contributed by atoms with Crippen LogP contribution in [0.1, 0.15) is 70.0 Å². The number of rotatable bonds is 6. The van der Waals surface area contributed by atoms with Crippen molar-refractivity contribution < 1.29 is 0 Å². The van der Waals surface area contributed by atoms with Gasteiger partial charge < -0.3 is 5.32 Å². The Morgan fingerprint density at radius 2 is 1.85 bits per heavy atom. The van der Waals surface area contributed by atoms with E-state index in [1.54, 1.807) is 0 Å². The van der Waals surface area contributed by atoms with Crippen LogP contribution < -0.4 is 5.32 Å². The zero-order chi connectivity index (χ0) is 14.4. The summed E-state index contributed by atoms with van der Waals surface area (Å²) < 4.78 is 0. The zero-order valence-corrected chi connectivity index (χ0v) is 13.5. The molecule has 0 bridgehead atoms. The van der Waals surface area contributed by atoms with Gasteiger partial charge in [0.15, 0.2) is 0 Å². The molecule has 1 aromatic carbocycles. The zero-order valence-electron chi connectivity index (χ0n) is 13.5. The van der Waals surface area contributed by atoms with Crippen molar-refractivity contribution >= 4 is 0 Å². The van der Waals surface area contributed by atoms with Crippen molar-refractivity contribution in [2.24, 2.45) is 11.8 Å². The predicted molar refractivity (Wildman–Crippen MR) is 88.0 cm³/mol. The van der Waals surface area contributed by atoms with Gasteiger partial charge in [0, 0.05) is 6.04 Å². The third kappa shape index (κ3) is 4.34. The summed E-state index contributed by atoms with van der Waals surface area (Å²) in [6.07, 6.45) is 8.13. The standard InChI is InChI=1S/C19H31N/c1-4-7-17-10-12-18(13-11-17)16(3)20-14-19-9-6-5-8-15(19)2/h10-13,15-16,19-20H,4-9,14H2,1-3H3. The molecule has 0 saturated heterocycles. The number of aryl methyl sites for hydroxylation is 1. The van der Waals surface area contributed by atoms with E-state index in [1.165, 1.54) is 56.2 Å². The monoisotopic (exact) mass is 273 g/mol. The highest BCUT2D eigenvalue weighted by atomic mass is 14.9. The number of benzene rings is 1. The van der Waals surface area contributed by atoms with Crippen molar-refractivity contribution in [3.8, 4) is 0 Å². The molecule has 1 heteroatoms. The van der Waals surface area contributed by atoms with Gasteiger partial charge in [0.2, 0.25) is 0 Å². The summed E-state index contributed by atoms with van der Waals surface area (Å²) in [5, 5.41) is 3.75. The van der Waals surface area contributed by atoms with Crippen LogP contribution >= 0.6 is 0 Å². The maximum atomic E-state index is 3.75. The van der Waals surface area contributed by atoms with E-state index in [0.717, 1.165) is 11.8 Å². The van der Waals surface area contributed by atoms with E-state index in [0.29, 0.717) is 6.04 Å². The Morgan fingerprint density at radius 1 is 1.15 bits per heavy atom. The minimum atomic E-state index is 0.472. The first-order valence-corrected chi connectivity index (χ1v) is 8.53. The fourth-order valence-corrected chi connectivity index (χ4v) is 3.40. The quantitative estimate of drug-likeness (QED) is 0.759. The highest BCUT2D eigenvalue weighted by Gasteiger charge is 2.21.